The molecule has 0 aliphatic heterocycles. The monoisotopic (exact) mass is 338 g/mol. The lowest BCUT2D eigenvalue weighted by Gasteiger charge is -2.11. The van der Waals surface area contributed by atoms with Gasteiger partial charge in [0.15, 0.2) is 0 Å². The number of rotatable bonds is 19. The van der Waals surface area contributed by atoms with Crippen molar-refractivity contribution < 1.29 is 0 Å². The van der Waals surface area contributed by atoms with E-state index in [0.29, 0.717) is 6.54 Å². The van der Waals surface area contributed by atoms with Gasteiger partial charge in [-0.25, -0.2) is 0 Å². The van der Waals surface area contributed by atoms with Crippen LogP contribution in [0.3, 0.4) is 0 Å². The fourth-order valence-corrected chi connectivity index (χ4v) is 3.32. The van der Waals surface area contributed by atoms with Crippen molar-refractivity contribution in [2.24, 2.45) is 5.92 Å². The first-order chi connectivity index (χ1) is 11.8. The summed E-state index contributed by atoms with van der Waals surface area (Å²) in [6, 6.07) is 0. The summed E-state index contributed by atoms with van der Waals surface area (Å²) in [7, 11) is 0. The molecule has 0 aromatic rings. The van der Waals surface area contributed by atoms with Gasteiger partial charge in [0.2, 0.25) is 0 Å². The Kier molecular flexibility index (Phi) is 20.4. The molecule has 24 heavy (non-hydrogen) atoms. The number of unbranched alkanes of at least 4 members (excludes halogenated alkanes) is 11. The van der Waals surface area contributed by atoms with E-state index in [-0.39, 0.29) is 0 Å². The van der Waals surface area contributed by atoms with Gasteiger partial charge in [0.1, 0.15) is 0 Å². The maximum absolute atomic E-state index is 10.1. The quantitative estimate of drug-likeness (QED) is 0.150. The third kappa shape index (κ3) is 18.0. The normalized spacial score (nSPS) is 11.8. The largest absolute Gasteiger partial charge is 0.788 e. The summed E-state index contributed by atoms with van der Waals surface area (Å²) in [5.41, 5.74) is 1.97. The van der Waals surface area contributed by atoms with Crippen LogP contribution in [-0.4, -0.2) is 6.54 Å². The summed E-state index contributed by atoms with van der Waals surface area (Å²) in [6.45, 7) is 5.28. The second kappa shape index (κ2) is 20.7. The maximum Gasteiger partial charge on any atom is -0.0170 e. The fraction of sp³-hybridized carbons (Fsp3) is 0.909. The molecule has 2 nitrogen and oxygen atoms in total. The van der Waals surface area contributed by atoms with Crippen LogP contribution in [0.5, 0.6) is 0 Å². The molecule has 0 heterocycles. The number of allylic oxidation sites excluding steroid dienone is 2. The zero-order valence-electron chi connectivity index (χ0n) is 16.7. The summed E-state index contributed by atoms with van der Waals surface area (Å²) in [4.78, 5) is 0. The van der Waals surface area contributed by atoms with Crippen molar-refractivity contribution in [3.05, 3.63) is 17.4 Å². The lowest BCUT2D eigenvalue weighted by molar-refractivity contribution is 0.427. The Labute approximate surface area is 152 Å². The van der Waals surface area contributed by atoms with E-state index in [0.717, 1.165) is 12.3 Å². The van der Waals surface area contributed by atoms with Gasteiger partial charge in [0, 0.05) is 0 Å². The first kappa shape index (κ1) is 23.7. The van der Waals surface area contributed by atoms with Crippen LogP contribution < -0.4 is 5.48 Å². The van der Waals surface area contributed by atoms with Crippen LogP contribution in [0, 0.1) is 11.1 Å². The molecule has 144 valence electrons. The molecule has 1 N–H and O–H groups in total. The van der Waals surface area contributed by atoms with Crippen LogP contribution in [-0.2, 0) is 0 Å². The Bertz CT molecular complexity index is 248. The molecule has 0 rings (SSSR count). The highest BCUT2D eigenvalue weighted by molar-refractivity contribution is 4.81. The smallest absolute Gasteiger partial charge is 0.0170 e. The van der Waals surface area contributed by atoms with Crippen LogP contribution in [0.1, 0.15) is 117 Å². The molecule has 0 spiro atoms. The molecule has 0 aliphatic carbocycles. The van der Waals surface area contributed by atoms with E-state index < -0.39 is 0 Å². The second-order valence-corrected chi connectivity index (χ2v) is 7.30. The molecule has 0 atom stereocenters. The van der Waals surface area contributed by atoms with Crippen LogP contribution in [0.2, 0.25) is 0 Å². The molecule has 2 heteroatoms. The van der Waals surface area contributed by atoms with Crippen LogP contribution in [0.15, 0.2) is 12.2 Å². The van der Waals surface area contributed by atoms with Gasteiger partial charge in [-0.3, -0.25) is 0 Å². The molecule has 0 fully saturated rings. The molecule has 0 unspecified atom stereocenters. The van der Waals surface area contributed by atoms with E-state index in [1.165, 1.54) is 96.3 Å². The van der Waals surface area contributed by atoms with Crippen molar-refractivity contribution in [1.29, 1.82) is 0 Å². The fourth-order valence-electron chi connectivity index (χ4n) is 3.32. The van der Waals surface area contributed by atoms with E-state index in [2.05, 4.69) is 26.0 Å². The van der Waals surface area contributed by atoms with Crippen molar-refractivity contribution in [3.8, 4) is 0 Å². The molecule has 0 saturated heterocycles. The van der Waals surface area contributed by atoms with Crippen molar-refractivity contribution >= 4 is 0 Å². The van der Waals surface area contributed by atoms with Crippen molar-refractivity contribution in [2.75, 3.05) is 6.54 Å². The lowest BCUT2D eigenvalue weighted by atomic mass is 9.96. The van der Waals surface area contributed by atoms with Gasteiger partial charge in [-0.05, 0) is 44.6 Å². The number of hydroxylamine groups is 1. The molecular formula is C22H44NO-. The molecule has 0 amide bonds. The van der Waals surface area contributed by atoms with E-state index >= 15 is 0 Å². The maximum atomic E-state index is 10.1. The van der Waals surface area contributed by atoms with Gasteiger partial charge in [-0.15, -0.1) is 0 Å². The third-order valence-electron chi connectivity index (χ3n) is 5.20. The van der Waals surface area contributed by atoms with Crippen molar-refractivity contribution in [3.63, 3.8) is 0 Å². The zero-order chi connectivity index (χ0) is 17.7. The van der Waals surface area contributed by atoms with Gasteiger partial charge in [-0.2, -0.15) is 0 Å². The summed E-state index contributed by atoms with van der Waals surface area (Å²) in [5, 5.41) is 10.1. The highest BCUT2D eigenvalue weighted by atomic mass is 16.5. The molecule has 0 aromatic carbocycles. The minimum absolute atomic E-state index is 0.626. The first-order valence-electron chi connectivity index (χ1n) is 10.8. The summed E-state index contributed by atoms with van der Waals surface area (Å²) >= 11 is 0. The average Bonchev–Trinajstić information content (AvgIpc) is 2.61. The number of hydrogen-bond acceptors (Lipinski definition) is 2. The van der Waals surface area contributed by atoms with E-state index in [1.807, 2.05) is 5.48 Å². The molecular weight excluding hydrogens is 294 g/mol. The Hall–Kier alpha value is -0.340. The predicted molar refractivity (Wildman–Crippen MR) is 109 cm³/mol. The Morgan fingerprint density at radius 1 is 0.667 bits per heavy atom. The van der Waals surface area contributed by atoms with Crippen LogP contribution in [0.25, 0.3) is 0 Å². The summed E-state index contributed by atoms with van der Waals surface area (Å²) in [5.74, 6) is 0.975. The van der Waals surface area contributed by atoms with Crippen LogP contribution in [0.4, 0.5) is 0 Å². The van der Waals surface area contributed by atoms with E-state index in [1.54, 1.807) is 0 Å². The Morgan fingerprint density at radius 3 is 1.62 bits per heavy atom. The Balaban J connectivity index is 3.14. The first-order valence-corrected chi connectivity index (χ1v) is 10.8. The highest BCUT2D eigenvalue weighted by Crippen LogP contribution is 2.17. The second-order valence-electron chi connectivity index (χ2n) is 7.30. The van der Waals surface area contributed by atoms with Gasteiger partial charge < -0.3 is 10.7 Å². The van der Waals surface area contributed by atoms with E-state index in [4.69, 9.17) is 0 Å². The molecule has 0 bridgehead atoms. The summed E-state index contributed by atoms with van der Waals surface area (Å²) < 4.78 is 0. The Morgan fingerprint density at radius 2 is 1.12 bits per heavy atom. The third-order valence-corrected chi connectivity index (χ3v) is 5.20. The van der Waals surface area contributed by atoms with Crippen LogP contribution >= 0.6 is 0 Å². The predicted octanol–water partition coefficient (Wildman–Crippen LogP) is 7.53. The summed E-state index contributed by atoms with van der Waals surface area (Å²) in [6.07, 6.45) is 26.0. The van der Waals surface area contributed by atoms with Gasteiger partial charge in [0.25, 0.3) is 0 Å². The van der Waals surface area contributed by atoms with E-state index in [9.17, 15) is 5.21 Å². The van der Waals surface area contributed by atoms with Gasteiger partial charge >= 0.3 is 0 Å². The van der Waals surface area contributed by atoms with Crippen molar-refractivity contribution in [2.45, 2.75) is 117 Å². The van der Waals surface area contributed by atoms with Crippen molar-refractivity contribution in [1.82, 2.24) is 5.48 Å². The SMILES string of the molecule is CCC(CC)CCCCCCC/C=C\CCCCCCCCN[O-]. The molecule has 0 radical (unpaired) electrons. The highest BCUT2D eigenvalue weighted by Gasteiger charge is 2.01. The van der Waals surface area contributed by atoms with Gasteiger partial charge in [-0.1, -0.05) is 96.6 Å². The number of nitrogens with one attached hydrogen (secondary N) is 1. The molecule has 0 saturated carbocycles. The molecule has 0 aromatic heterocycles. The number of hydrogen-bond donors (Lipinski definition) is 1. The molecule has 0 aliphatic rings. The standard InChI is InChI=1S/C22H44NO/c1-3-22(4-2)20-18-16-14-12-10-8-6-5-7-9-11-13-15-17-19-21-23-24/h5-6,22-23H,3-4,7-21H2,1-2H3/q-1/b6-5-. The minimum atomic E-state index is 0.626. The zero-order valence-corrected chi connectivity index (χ0v) is 16.7. The lowest BCUT2D eigenvalue weighted by Crippen LogP contribution is -2.04. The topological polar surface area (TPSA) is 35.1 Å². The van der Waals surface area contributed by atoms with Gasteiger partial charge in [0.05, 0.1) is 0 Å². The minimum Gasteiger partial charge on any atom is -0.788 e. The average molecular weight is 339 g/mol.